The second-order valence-electron chi connectivity index (χ2n) is 6.19. The summed E-state index contributed by atoms with van der Waals surface area (Å²) in [5, 5.41) is 14.1. The molecular formula is C18H14F3N5O3. The molecule has 1 N–H and O–H groups in total. The van der Waals surface area contributed by atoms with Crippen LogP contribution in [0.4, 0.5) is 13.2 Å². The van der Waals surface area contributed by atoms with E-state index in [2.05, 4.69) is 20.7 Å². The summed E-state index contributed by atoms with van der Waals surface area (Å²) in [6.45, 7) is 0.193. The fraction of sp³-hybridized carbons (Fsp3) is 0.222. The largest absolute Gasteiger partial charge is 0.454 e. The maximum Gasteiger partial charge on any atom is 0.416 e. The Morgan fingerprint density at radius 3 is 2.79 bits per heavy atom. The Balaban J connectivity index is 1.37. The van der Waals surface area contributed by atoms with Crippen LogP contribution >= 0.6 is 0 Å². The van der Waals surface area contributed by atoms with Crippen LogP contribution in [0.3, 0.4) is 0 Å². The van der Waals surface area contributed by atoms with Crippen molar-refractivity contribution in [1.82, 2.24) is 25.5 Å². The molecule has 0 unspecified atom stereocenters. The van der Waals surface area contributed by atoms with E-state index in [4.69, 9.17) is 9.47 Å². The molecule has 3 aromatic rings. The molecule has 0 saturated heterocycles. The van der Waals surface area contributed by atoms with Gasteiger partial charge >= 0.3 is 6.18 Å². The lowest BCUT2D eigenvalue weighted by Crippen LogP contribution is -2.28. The fourth-order valence-electron chi connectivity index (χ4n) is 2.70. The third-order valence-corrected chi connectivity index (χ3v) is 4.11. The minimum Gasteiger partial charge on any atom is -0.454 e. The quantitative estimate of drug-likeness (QED) is 0.701. The van der Waals surface area contributed by atoms with E-state index in [0.717, 1.165) is 22.5 Å². The van der Waals surface area contributed by atoms with Crippen molar-refractivity contribution in [2.24, 2.45) is 0 Å². The highest BCUT2D eigenvalue weighted by atomic mass is 19.4. The number of halogens is 3. The monoisotopic (exact) mass is 405 g/mol. The number of alkyl halides is 3. The van der Waals surface area contributed by atoms with Crippen LogP contribution in [0.2, 0.25) is 0 Å². The summed E-state index contributed by atoms with van der Waals surface area (Å²) in [7, 11) is 0. The van der Waals surface area contributed by atoms with Crippen LogP contribution in [-0.2, 0) is 24.1 Å². The average molecular weight is 405 g/mol. The van der Waals surface area contributed by atoms with Gasteiger partial charge in [0.2, 0.25) is 18.5 Å². The van der Waals surface area contributed by atoms with Gasteiger partial charge in [-0.2, -0.15) is 18.0 Å². The SMILES string of the molecule is O=C(Cn1nnc(-c2cccc(C(F)(F)F)c2)n1)NCc1ccc2c(c1)OCO2. The molecule has 0 radical (unpaired) electrons. The van der Waals surface area contributed by atoms with Crippen LogP contribution in [0.5, 0.6) is 11.5 Å². The van der Waals surface area contributed by atoms with Crippen LogP contribution in [0.15, 0.2) is 42.5 Å². The molecule has 0 aliphatic carbocycles. The number of nitrogens with one attached hydrogen (secondary N) is 1. The highest BCUT2D eigenvalue weighted by Gasteiger charge is 2.30. The van der Waals surface area contributed by atoms with Gasteiger partial charge in [0.15, 0.2) is 11.5 Å². The molecule has 2 aromatic carbocycles. The van der Waals surface area contributed by atoms with Crippen molar-refractivity contribution < 1.29 is 27.4 Å². The minimum absolute atomic E-state index is 0.000305. The number of carbonyl (C=O) groups excluding carboxylic acids is 1. The van der Waals surface area contributed by atoms with E-state index < -0.39 is 11.7 Å². The lowest BCUT2D eigenvalue weighted by molar-refractivity contribution is -0.137. The molecule has 0 bridgehead atoms. The third kappa shape index (κ3) is 4.28. The van der Waals surface area contributed by atoms with Gasteiger partial charge in [0.05, 0.1) is 5.56 Å². The molecule has 1 aromatic heterocycles. The standard InChI is InChI=1S/C18H14F3N5O3/c19-18(20,21)13-3-1-2-12(7-13)17-23-25-26(24-17)9-16(27)22-8-11-4-5-14-15(6-11)29-10-28-14/h1-7H,8-10H2,(H,22,27). The smallest absolute Gasteiger partial charge is 0.416 e. The van der Waals surface area contributed by atoms with Gasteiger partial charge in [0.25, 0.3) is 0 Å². The molecule has 0 spiro atoms. The van der Waals surface area contributed by atoms with Gasteiger partial charge in [0, 0.05) is 12.1 Å². The van der Waals surface area contributed by atoms with Crippen LogP contribution in [0.25, 0.3) is 11.4 Å². The zero-order valence-corrected chi connectivity index (χ0v) is 14.8. The number of amides is 1. The number of benzene rings is 2. The lowest BCUT2D eigenvalue weighted by atomic mass is 10.1. The Bertz CT molecular complexity index is 1050. The third-order valence-electron chi connectivity index (χ3n) is 4.11. The number of tetrazole rings is 1. The Morgan fingerprint density at radius 2 is 1.97 bits per heavy atom. The summed E-state index contributed by atoms with van der Waals surface area (Å²) in [6, 6.07) is 9.91. The van der Waals surface area contributed by atoms with E-state index in [1.807, 2.05) is 0 Å². The molecule has 8 nitrogen and oxygen atoms in total. The topological polar surface area (TPSA) is 91.2 Å². The molecule has 0 fully saturated rings. The average Bonchev–Trinajstić information content (AvgIpc) is 3.34. The van der Waals surface area contributed by atoms with Gasteiger partial charge in [0.1, 0.15) is 6.54 Å². The van der Waals surface area contributed by atoms with E-state index in [1.165, 1.54) is 12.1 Å². The Labute approximate surface area is 162 Å². The summed E-state index contributed by atoms with van der Waals surface area (Å²) in [4.78, 5) is 13.1. The van der Waals surface area contributed by atoms with Crippen molar-refractivity contribution >= 4 is 5.91 Å². The van der Waals surface area contributed by atoms with Crippen molar-refractivity contribution in [2.75, 3.05) is 6.79 Å². The predicted molar refractivity (Wildman–Crippen MR) is 92.7 cm³/mol. The Hall–Kier alpha value is -3.63. The molecule has 0 atom stereocenters. The molecule has 1 amide bonds. The van der Waals surface area contributed by atoms with Crippen LogP contribution in [-0.4, -0.2) is 32.9 Å². The molecule has 2 heterocycles. The van der Waals surface area contributed by atoms with Gasteiger partial charge < -0.3 is 14.8 Å². The van der Waals surface area contributed by atoms with Crippen molar-refractivity contribution in [3.05, 3.63) is 53.6 Å². The van der Waals surface area contributed by atoms with Crippen LogP contribution in [0, 0.1) is 0 Å². The highest BCUT2D eigenvalue weighted by molar-refractivity contribution is 5.75. The fourth-order valence-corrected chi connectivity index (χ4v) is 2.70. The first kappa shape index (κ1) is 18.7. The molecule has 4 rings (SSSR count). The molecule has 1 aliphatic rings. The maximum atomic E-state index is 12.8. The summed E-state index contributed by atoms with van der Waals surface area (Å²) < 4.78 is 49.0. The highest BCUT2D eigenvalue weighted by Crippen LogP contribution is 2.32. The Morgan fingerprint density at radius 1 is 1.14 bits per heavy atom. The van der Waals surface area contributed by atoms with E-state index in [1.54, 1.807) is 18.2 Å². The van der Waals surface area contributed by atoms with E-state index in [0.29, 0.717) is 11.5 Å². The molecular weight excluding hydrogens is 391 g/mol. The van der Waals surface area contributed by atoms with Crippen molar-refractivity contribution in [1.29, 1.82) is 0 Å². The molecule has 29 heavy (non-hydrogen) atoms. The lowest BCUT2D eigenvalue weighted by Gasteiger charge is -2.06. The number of carbonyl (C=O) groups is 1. The number of hydrogen-bond acceptors (Lipinski definition) is 6. The molecule has 0 saturated carbocycles. The van der Waals surface area contributed by atoms with E-state index in [9.17, 15) is 18.0 Å². The Kier molecular flexibility index (Phi) is 4.79. The maximum absolute atomic E-state index is 12.8. The van der Waals surface area contributed by atoms with Crippen LogP contribution < -0.4 is 14.8 Å². The second kappa shape index (κ2) is 7.41. The van der Waals surface area contributed by atoms with E-state index in [-0.39, 0.29) is 37.2 Å². The number of ether oxygens (including phenoxy) is 2. The van der Waals surface area contributed by atoms with Crippen LogP contribution in [0.1, 0.15) is 11.1 Å². The molecule has 150 valence electrons. The van der Waals surface area contributed by atoms with Crippen molar-refractivity contribution in [2.45, 2.75) is 19.3 Å². The zero-order chi connectivity index (χ0) is 20.4. The predicted octanol–water partition coefficient (Wildman–Crippen LogP) is 2.40. The van der Waals surface area contributed by atoms with Gasteiger partial charge in [-0.1, -0.05) is 18.2 Å². The van der Waals surface area contributed by atoms with Gasteiger partial charge in [-0.15, -0.1) is 10.2 Å². The van der Waals surface area contributed by atoms with Gasteiger partial charge in [-0.05, 0) is 35.0 Å². The number of fused-ring (bicyclic) bond motifs is 1. The summed E-state index contributed by atoms with van der Waals surface area (Å²) in [6.07, 6.45) is -4.47. The molecule has 11 heteroatoms. The van der Waals surface area contributed by atoms with Gasteiger partial charge in [-0.25, -0.2) is 0 Å². The number of hydrogen-bond donors (Lipinski definition) is 1. The first-order valence-corrected chi connectivity index (χ1v) is 8.49. The summed E-state index contributed by atoms with van der Waals surface area (Å²) >= 11 is 0. The van der Waals surface area contributed by atoms with Gasteiger partial charge in [-0.3, -0.25) is 4.79 Å². The summed E-state index contributed by atoms with van der Waals surface area (Å²) in [5.41, 5.74) is 0.165. The zero-order valence-electron chi connectivity index (χ0n) is 14.8. The summed E-state index contributed by atoms with van der Waals surface area (Å²) in [5.74, 6) is 0.879. The normalized spacial score (nSPS) is 12.8. The minimum atomic E-state index is -4.47. The van der Waals surface area contributed by atoms with Crippen molar-refractivity contribution in [3.63, 3.8) is 0 Å². The number of aromatic nitrogens is 4. The molecule has 1 aliphatic heterocycles. The van der Waals surface area contributed by atoms with Crippen molar-refractivity contribution in [3.8, 4) is 22.9 Å². The first-order chi connectivity index (χ1) is 13.9. The van der Waals surface area contributed by atoms with E-state index >= 15 is 0 Å². The second-order valence-corrected chi connectivity index (χ2v) is 6.19. The number of rotatable bonds is 5. The number of nitrogens with zero attached hydrogens (tertiary/aromatic N) is 4. The first-order valence-electron chi connectivity index (χ1n) is 8.49.